The van der Waals surface area contributed by atoms with Gasteiger partial charge in [-0.25, -0.2) is 24.1 Å². The zero-order valence-corrected chi connectivity index (χ0v) is 21.8. The highest BCUT2D eigenvalue weighted by atomic mass is 32.1. The topological polar surface area (TPSA) is 95.5 Å². The van der Waals surface area contributed by atoms with Crippen molar-refractivity contribution in [1.29, 1.82) is 0 Å². The SMILES string of the molecule is COc1cnc2c(-c3nc4cc(F)c5c(c4s3)CC(C)(CNC(=O)OC(C)(C)C)O5)cc(C)cc2n1. The third kappa shape index (κ3) is 4.53. The van der Waals surface area contributed by atoms with E-state index < -0.39 is 23.1 Å². The lowest BCUT2D eigenvalue weighted by Crippen LogP contribution is -2.45. The molecule has 1 N–H and O–H groups in total. The van der Waals surface area contributed by atoms with Crippen molar-refractivity contribution in [2.24, 2.45) is 0 Å². The van der Waals surface area contributed by atoms with Crippen molar-refractivity contribution >= 4 is 38.7 Å². The van der Waals surface area contributed by atoms with Crippen LogP contribution in [0.3, 0.4) is 0 Å². The van der Waals surface area contributed by atoms with Gasteiger partial charge in [-0.2, -0.15) is 0 Å². The molecule has 0 saturated heterocycles. The predicted molar refractivity (Wildman–Crippen MR) is 136 cm³/mol. The molecule has 4 aromatic rings. The van der Waals surface area contributed by atoms with Crippen LogP contribution < -0.4 is 14.8 Å². The Bertz CT molecular complexity index is 1510. The number of hydrogen-bond acceptors (Lipinski definition) is 8. The molecule has 1 aliphatic rings. The molecule has 0 saturated carbocycles. The van der Waals surface area contributed by atoms with Gasteiger partial charge in [0.1, 0.15) is 16.2 Å². The third-order valence-electron chi connectivity index (χ3n) is 5.80. The fourth-order valence-corrected chi connectivity index (χ4v) is 5.40. The van der Waals surface area contributed by atoms with Crippen LogP contribution in [0, 0.1) is 12.7 Å². The number of aryl methyl sites for hydroxylation is 1. The summed E-state index contributed by atoms with van der Waals surface area (Å²) >= 11 is 1.46. The second-order valence-corrected chi connectivity index (χ2v) is 11.2. The molecule has 188 valence electrons. The number of carbonyl (C=O) groups is 1. The number of methoxy groups -OCH3 is 1. The minimum Gasteiger partial charge on any atom is -0.482 e. The summed E-state index contributed by atoms with van der Waals surface area (Å²) in [5.74, 6) is 0.151. The van der Waals surface area contributed by atoms with E-state index in [-0.39, 0.29) is 12.3 Å². The highest BCUT2D eigenvalue weighted by Gasteiger charge is 2.39. The molecule has 0 bridgehead atoms. The van der Waals surface area contributed by atoms with E-state index in [0.29, 0.717) is 33.9 Å². The number of nitrogens with one attached hydrogen (secondary N) is 1. The Labute approximate surface area is 211 Å². The Morgan fingerprint density at radius 2 is 2.03 bits per heavy atom. The summed E-state index contributed by atoms with van der Waals surface area (Å²) in [6.45, 7) is 9.37. The number of rotatable bonds is 4. The second kappa shape index (κ2) is 8.55. The third-order valence-corrected chi connectivity index (χ3v) is 6.96. The standard InChI is InChI=1S/C26H27FN4O4S/c1-13-7-14(20-17(8-13)30-19(33-6)11-28-20)23-31-18-9-16(27)21-15(22(18)36-23)10-26(5,34-21)12-29-24(32)35-25(2,3)4/h7-9,11H,10,12H2,1-6H3,(H,29,32). The largest absolute Gasteiger partial charge is 0.482 e. The Kier molecular flexibility index (Phi) is 5.74. The number of alkyl carbamates (subject to hydrolysis) is 1. The van der Waals surface area contributed by atoms with Crippen LogP contribution in [-0.4, -0.2) is 45.9 Å². The average molecular weight is 511 g/mol. The quantitative estimate of drug-likeness (QED) is 0.383. The molecule has 1 atom stereocenters. The normalized spacial score (nSPS) is 17.2. The minimum absolute atomic E-state index is 0.170. The highest BCUT2D eigenvalue weighted by Crippen LogP contribution is 2.45. The highest BCUT2D eigenvalue weighted by molar-refractivity contribution is 7.22. The van der Waals surface area contributed by atoms with E-state index >= 15 is 4.39 Å². The molecular weight excluding hydrogens is 483 g/mol. The Morgan fingerprint density at radius 1 is 1.25 bits per heavy atom. The fourth-order valence-electron chi connectivity index (χ4n) is 4.30. The first-order valence-electron chi connectivity index (χ1n) is 11.5. The van der Waals surface area contributed by atoms with Crippen molar-refractivity contribution in [2.75, 3.05) is 13.7 Å². The summed E-state index contributed by atoms with van der Waals surface area (Å²) in [4.78, 5) is 26.0. The van der Waals surface area contributed by atoms with E-state index in [4.69, 9.17) is 19.2 Å². The monoisotopic (exact) mass is 510 g/mol. The van der Waals surface area contributed by atoms with Crippen molar-refractivity contribution in [3.63, 3.8) is 0 Å². The Morgan fingerprint density at radius 3 is 2.75 bits per heavy atom. The van der Waals surface area contributed by atoms with Crippen LogP contribution in [-0.2, 0) is 11.2 Å². The zero-order valence-electron chi connectivity index (χ0n) is 21.0. The van der Waals surface area contributed by atoms with Crippen molar-refractivity contribution in [3.8, 4) is 22.2 Å². The van der Waals surface area contributed by atoms with E-state index in [1.54, 1.807) is 34.1 Å². The van der Waals surface area contributed by atoms with Gasteiger partial charge in [-0.1, -0.05) is 0 Å². The molecule has 36 heavy (non-hydrogen) atoms. The Balaban J connectivity index is 1.50. The molecular formula is C26H27FN4O4S. The second-order valence-electron chi connectivity index (χ2n) is 10.2. The summed E-state index contributed by atoms with van der Waals surface area (Å²) in [7, 11) is 1.55. The van der Waals surface area contributed by atoms with Crippen molar-refractivity contribution in [1.82, 2.24) is 20.3 Å². The fraction of sp³-hybridized carbons (Fsp3) is 0.385. The van der Waals surface area contributed by atoms with E-state index in [0.717, 1.165) is 21.4 Å². The number of ether oxygens (including phenoxy) is 3. The average Bonchev–Trinajstić information content (AvgIpc) is 3.37. The molecule has 5 rings (SSSR count). The molecule has 0 radical (unpaired) electrons. The lowest BCUT2D eigenvalue weighted by atomic mass is 9.99. The molecule has 1 amide bonds. The van der Waals surface area contributed by atoms with Crippen LogP contribution in [0.1, 0.15) is 38.8 Å². The maximum absolute atomic E-state index is 15.1. The van der Waals surface area contributed by atoms with Crippen LogP contribution in [0.4, 0.5) is 9.18 Å². The van der Waals surface area contributed by atoms with Crippen LogP contribution in [0.2, 0.25) is 0 Å². The van der Waals surface area contributed by atoms with E-state index in [1.807, 2.05) is 26.0 Å². The van der Waals surface area contributed by atoms with E-state index in [1.165, 1.54) is 17.4 Å². The van der Waals surface area contributed by atoms with Crippen LogP contribution >= 0.6 is 11.3 Å². The molecule has 10 heteroatoms. The van der Waals surface area contributed by atoms with Gasteiger partial charge < -0.3 is 19.5 Å². The number of amides is 1. The molecule has 1 unspecified atom stereocenters. The summed E-state index contributed by atoms with van der Waals surface area (Å²) in [5.41, 5.74) is 3.07. The number of thiazole rings is 1. The first kappa shape index (κ1) is 24.2. The van der Waals surface area contributed by atoms with Crippen LogP contribution in [0.25, 0.3) is 31.8 Å². The molecule has 2 aromatic heterocycles. The number of fused-ring (bicyclic) bond motifs is 4. The smallest absolute Gasteiger partial charge is 0.407 e. The lowest BCUT2D eigenvalue weighted by molar-refractivity contribution is 0.0445. The predicted octanol–water partition coefficient (Wildman–Crippen LogP) is 5.58. The molecule has 0 fully saturated rings. The van der Waals surface area contributed by atoms with Gasteiger partial charge in [0.25, 0.3) is 0 Å². The molecule has 0 spiro atoms. The zero-order chi connectivity index (χ0) is 25.8. The summed E-state index contributed by atoms with van der Waals surface area (Å²) in [6, 6.07) is 5.34. The number of benzene rings is 2. The van der Waals surface area contributed by atoms with Gasteiger partial charge in [0.15, 0.2) is 11.6 Å². The first-order chi connectivity index (χ1) is 16.9. The maximum Gasteiger partial charge on any atom is 0.407 e. The Hall–Kier alpha value is -3.53. The van der Waals surface area contributed by atoms with Crippen LogP contribution in [0.5, 0.6) is 11.6 Å². The maximum atomic E-state index is 15.1. The van der Waals surface area contributed by atoms with E-state index in [9.17, 15) is 4.79 Å². The van der Waals surface area contributed by atoms with Crippen LogP contribution in [0.15, 0.2) is 24.4 Å². The number of aromatic nitrogens is 3. The summed E-state index contributed by atoms with van der Waals surface area (Å²) in [6.07, 6.45) is 1.45. The van der Waals surface area contributed by atoms with Gasteiger partial charge in [0.2, 0.25) is 5.88 Å². The molecule has 1 aliphatic heterocycles. The molecule has 2 aromatic carbocycles. The summed E-state index contributed by atoms with van der Waals surface area (Å²) < 4.78 is 32.5. The minimum atomic E-state index is -0.823. The van der Waals surface area contributed by atoms with Gasteiger partial charge in [0.05, 0.1) is 41.1 Å². The van der Waals surface area contributed by atoms with E-state index in [2.05, 4.69) is 15.3 Å². The number of hydrogen-bond donors (Lipinski definition) is 1. The number of nitrogens with zero attached hydrogens (tertiary/aromatic N) is 3. The van der Waals surface area contributed by atoms with Gasteiger partial charge in [-0.05, 0) is 52.3 Å². The van der Waals surface area contributed by atoms with Gasteiger partial charge in [-0.3, -0.25) is 0 Å². The van der Waals surface area contributed by atoms with Crippen molar-refractivity contribution in [3.05, 3.63) is 41.3 Å². The van der Waals surface area contributed by atoms with Gasteiger partial charge in [-0.15, -0.1) is 11.3 Å². The van der Waals surface area contributed by atoms with Crippen molar-refractivity contribution in [2.45, 2.75) is 52.2 Å². The number of carbonyl (C=O) groups excluding carboxylic acids is 1. The van der Waals surface area contributed by atoms with Gasteiger partial charge >= 0.3 is 6.09 Å². The number of halogens is 1. The van der Waals surface area contributed by atoms with Gasteiger partial charge in [0, 0.05) is 23.6 Å². The molecule has 3 heterocycles. The molecule has 0 aliphatic carbocycles. The first-order valence-corrected chi connectivity index (χ1v) is 12.4. The lowest BCUT2D eigenvalue weighted by Gasteiger charge is -2.26. The van der Waals surface area contributed by atoms with Crippen molar-refractivity contribution < 1.29 is 23.4 Å². The summed E-state index contributed by atoms with van der Waals surface area (Å²) in [5, 5.41) is 3.46. The molecule has 8 nitrogen and oxygen atoms in total.